The molecule has 5 heteroatoms. The summed E-state index contributed by atoms with van der Waals surface area (Å²) in [5.74, 6) is 2.38. The van der Waals surface area contributed by atoms with Gasteiger partial charge in [-0.15, -0.1) is 0 Å². The van der Waals surface area contributed by atoms with Crippen LogP contribution in [0, 0.1) is 20.8 Å². The molecular weight excluding hydrogens is 502 g/mol. The molecule has 206 valence electrons. The Labute approximate surface area is 241 Å². The summed E-state index contributed by atoms with van der Waals surface area (Å²) >= 11 is 0. The summed E-state index contributed by atoms with van der Waals surface area (Å²) in [6, 6.07) is 16.0. The summed E-state index contributed by atoms with van der Waals surface area (Å²) in [5, 5.41) is 6.37. The largest absolute Gasteiger partial charge is 0.307 e. The van der Waals surface area contributed by atoms with Gasteiger partial charge in [-0.2, -0.15) is 0 Å². The third-order valence-electron chi connectivity index (χ3n) is 8.66. The summed E-state index contributed by atoms with van der Waals surface area (Å²) in [6.07, 6.45) is 2.19. The zero-order chi connectivity index (χ0) is 29.2. The molecule has 0 amide bonds. The van der Waals surface area contributed by atoms with Crippen molar-refractivity contribution in [3.63, 3.8) is 0 Å². The van der Waals surface area contributed by atoms with Gasteiger partial charge >= 0.3 is 0 Å². The van der Waals surface area contributed by atoms with E-state index in [1.807, 2.05) is 0 Å². The maximum Gasteiger partial charge on any atom is 0.224 e. The number of benzene rings is 3. The second kappa shape index (κ2) is 8.22. The molecule has 0 radical (unpaired) electrons. The van der Waals surface area contributed by atoms with Gasteiger partial charge in [0.05, 0.1) is 27.3 Å². The van der Waals surface area contributed by atoms with E-state index in [9.17, 15) is 0 Å². The zero-order valence-electron chi connectivity index (χ0n) is 25.9. The minimum Gasteiger partial charge on any atom is -0.307 e. The third kappa shape index (κ3) is 3.67. The molecule has 0 fully saturated rings. The van der Waals surface area contributed by atoms with Crippen LogP contribution in [-0.2, 0) is 17.9 Å². The van der Waals surface area contributed by atoms with Crippen molar-refractivity contribution in [2.75, 3.05) is 0 Å². The van der Waals surface area contributed by atoms with Crippen LogP contribution in [0.15, 0.2) is 48.7 Å². The molecule has 3 aromatic carbocycles. The monoisotopic (exact) mass is 540 g/mol. The Morgan fingerprint density at radius 2 is 1.39 bits per heavy atom. The standard InChI is InChI=1S/C36H38N5/c1-19-11-12-24-25-16-20(2)21(3)28-30(25)41(26(24)15-19)27-18-23(17-22-13-14-40(10)31(28)29(22)27)32-37-33(35(4,5)6)39-34(38-32)36(7,8)9/h11-18H,1-10H3/q+1. The molecule has 0 spiro atoms. The molecular formula is C36H38N5+. The van der Waals surface area contributed by atoms with Gasteiger partial charge in [-0.1, -0.05) is 53.7 Å². The second-order valence-corrected chi connectivity index (χ2v) is 14.0. The van der Waals surface area contributed by atoms with Crippen molar-refractivity contribution in [2.45, 2.75) is 73.1 Å². The maximum atomic E-state index is 5.08. The number of aromatic nitrogens is 5. The van der Waals surface area contributed by atoms with Crippen molar-refractivity contribution >= 4 is 49.0 Å². The van der Waals surface area contributed by atoms with Gasteiger partial charge in [-0.05, 0) is 67.1 Å². The fourth-order valence-electron chi connectivity index (χ4n) is 6.32. The van der Waals surface area contributed by atoms with Crippen LogP contribution in [0.25, 0.3) is 60.4 Å². The molecule has 0 aliphatic carbocycles. The van der Waals surface area contributed by atoms with Crippen molar-refractivity contribution in [1.29, 1.82) is 0 Å². The van der Waals surface area contributed by atoms with Gasteiger partial charge in [-0.3, -0.25) is 0 Å². The summed E-state index contributed by atoms with van der Waals surface area (Å²) in [5.41, 5.74) is 9.49. The van der Waals surface area contributed by atoms with Crippen LogP contribution in [0.3, 0.4) is 0 Å². The molecule has 0 N–H and O–H groups in total. The molecule has 0 atom stereocenters. The quantitative estimate of drug-likeness (QED) is 0.120. The molecule has 0 aliphatic heterocycles. The van der Waals surface area contributed by atoms with E-state index in [0.717, 1.165) is 23.0 Å². The summed E-state index contributed by atoms with van der Waals surface area (Å²) < 4.78 is 4.78. The van der Waals surface area contributed by atoms with Crippen LogP contribution in [0.1, 0.15) is 69.9 Å². The van der Waals surface area contributed by atoms with Gasteiger partial charge in [0.2, 0.25) is 5.52 Å². The van der Waals surface area contributed by atoms with Crippen molar-refractivity contribution in [2.24, 2.45) is 7.05 Å². The average molecular weight is 541 g/mol. The number of rotatable bonds is 1. The lowest BCUT2D eigenvalue weighted by atomic mass is 9.92. The highest BCUT2D eigenvalue weighted by Crippen LogP contribution is 2.43. The Morgan fingerprint density at radius 3 is 2.05 bits per heavy atom. The molecule has 0 bridgehead atoms. The Balaban J connectivity index is 1.72. The highest BCUT2D eigenvalue weighted by Gasteiger charge is 2.28. The van der Waals surface area contributed by atoms with Crippen LogP contribution >= 0.6 is 0 Å². The Kier molecular flexibility index (Phi) is 5.18. The Bertz CT molecular complexity index is 2170. The van der Waals surface area contributed by atoms with Gasteiger partial charge < -0.3 is 4.40 Å². The molecule has 0 saturated carbocycles. The second-order valence-electron chi connectivity index (χ2n) is 14.0. The summed E-state index contributed by atoms with van der Waals surface area (Å²) in [6.45, 7) is 19.7. The minimum absolute atomic E-state index is 0.196. The van der Waals surface area contributed by atoms with E-state index in [1.54, 1.807) is 0 Å². The number of nitrogens with zero attached hydrogens (tertiary/aromatic N) is 5. The number of fused-ring (bicyclic) bond motifs is 5. The smallest absolute Gasteiger partial charge is 0.224 e. The van der Waals surface area contributed by atoms with Crippen LogP contribution in [-0.4, -0.2) is 19.4 Å². The predicted molar refractivity (Wildman–Crippen MR) is 170 cm³/mol. The average Bonchev–Trinajstić information content (AvgIpc) is 3.21. The first-order valence-corrected chi connectivity index (χ1v) is 14.5. The van der Waals surface area contributed by atoms with E-state index < -0.39 is 0 Å². The van der Waals surface area contributed by atoms with Gasteiger partial charge in [0.25, 0.3) is 0 Å². The van der Waals surface area contributed by atoms with Gasteiger partial charge in [0.1, 0.15) is 18.7 Å². The lowest BCUT2D eigenvalue weighted by Gasteiger charge is -2.23. The molecule has 0 unspecified atom stereocenters. The highest BCUT2D eigenvalue weighted by molar-refractivity contribution is 6.26. The number of hydrogen-bond acceptors (Lipinski definition) is 3. The van der Waals surface area contributed by atoms with E-state index in [-0.39, 0.29) is 10.8 Å². The molecule has 4 heterocycles. The minimum atomic E-state index is -0.196. The zero-order valence-corrected chi connectivity index (χ0v) is 25.9. The molecule has 7 rings (SSSR count). The fourth-order valence-corrected chi connectivity index (χ4v) is 6.32. The van der Waals surface area contributed by atoms with E-state index in [0.29, 0.717) is 0 Å². The van der Waals surface area contributed by atoms with Gasteiger partial charge in [0, 0.05) is 33.2 Å². The Hall–Kier alpha value is -4.12. The van der Waals surface area contributed by atoms with Crippen molar-refractivity contribution < 1.29 is 4.57 Å². The van der Waals surface area contributed by atoms with E-state index in [4.69, 9.17) is 15.0 Å². The van der Waals surface area contributed by atoms with Crippen LogP contribution in [0.5, 0.6) is 0 Å². The highest BCUT2D eigenvalue weighted by atomic mass is 15.1. The molecule has 7 aromatic rings. The van der Waals surface area contributed by atoms with E-state index in [1.165, 1.54) is 65.7 Å². The first kappa shape index (κ1) is 25.8. The van der Waals surface area contributed by atoms with Crippen molar-refractivity contribution in [1.82, 2.24) is 19.4 Å². The molecule has 4 aromatic heterocycles. The van der Waals surface area contributed by atoms with Gasteiger partial charge in [0.15, 0.2) is 12.0 Å². The van der Waals surface area contributed by atoms with Crippen LogP contribution in [0.2, 0.25) is 0 Å². The molecule has 5 nitrogen and oxygen atoms in total. The van der Waals surface area contributed by atoms with Crippen LogP contribution in [0.4, 0.5) is 0 Å². The maximum absolute atomic E-state index is 5.08. The molecule has 41 heavy (non-hydrogen) atoms. The topological polar surface area (TPSA) is 47.0 Å². The number of hydrogen-bond donors (Lipinski definition) is 0. The van der Waals surface area contributed by atoms with Gasteiger partial charge in [-0.25, -0.2) is 19.5 Å². The SMILES string of the molecule is Cc1ccc2c3cc(C)c(C)c4c3n(c2c1)c1cc(-c2nc(C(C)(C)C)nc(C(C)(C)C)n2)cc2cc[n+](C)c4c21. The fraction of sp³-hybridized carbons (Fsp3) is 0.333. The third-order valence-corrected chi connectivity index (χ3v) is 8.66. The molecule has 0 saturated heterocycles. The Morgan fingerprint density at radius 1 is 0.707 bits per heavy atom. The normalized spacial score (nSPS) is 13.1. The number of aryl methyl sites for hydroxylation is 4. The van der Waals surface area contributed by atoms with Crippen molar-refractivity contribution in [3.8, 4) is 11.4 Å². The van der Waals surface area contributed by atoms with E-state index >= 15 is 0 Å². The summed E-state index contributed by atoms with van der Waals surface area (Å²) in [7, 11) is 2.17. The first-order chi connectivity index (χ1) is 19.2. The summed E-state index contributed by atoms with van der Waals surface area (Å²) in [4.78, 5) is 15.1. The lowest BCUT2D eigenvalue weighted by Crippen LogP contribution is -2.29. The predicted octanol–water partition coefficient (Wildman–Crippen LogP) is 8.19. The number of pyridine rings is 2. The lowest BCUT2D eigenvalue weighted by molar-refractivity contribution is -0.643. The molecule has 0 aliphatic rings. The first-order valence-electron chi connectivity index (χ1n) is 14.5. The van der Waals surface area contributed by atoms with Crippen LogP contribution < -0.4 is 4.57 Å². The van der Waals surface area contributed by atoms with Crippen molar-refractivity contribution in [3.05, 3.63) is 77.0 Å². The van der Waals surface area contributed by atoms with E-state index in [2.05, 4.69) is 127 Å².